The third-order valence-electron chi connectivity index (χ3n) is 9.70. The minimum Gasteiger partial charge on any atom is -0.507 e. The number of pyridine rings is 1. The third kappa shape index (κ3) is 10.8. The van der Waals surface area contributed by atoms with Gasteiger partial charge in [0.15, 0.2) is 0 Å². The average Bonchev–Trinajstić information content (AvgIpc) is 3.96. The molecule has 1 aliphatic carbocycles. The molecule has 3 aromatic carbocycles. The number of nitrogens with zero attached hydrogens (tertiary/aromatic N) is 2. The number of likely N-dealkylation sites (tertiary alicyclic amines) is 1. The standard InChI is InChI=1S/C37H32BrF8N3O3.C4H8O2/c1-19-9-23(20-5-6-20)13-30(50)32(19)24-10-25(33(40)29(12-24)37(44,45)46)15-47-35(52)34(21-3-2-4-26(38)11-21)49-16-22(7-8-48-17-27(39)18-48)28(14-31(49)51)36(41,42)43;1-3-6-4(2)5/h2-4,9-14,16,20,27,34,50H,5-8,15,17-18H2,1H3,(H,47,52);3H2,1-2H3. The van der Waals surface area contributed by atoms with E-state index in [2.05, 4.69) is 26.0 Å². The largest absolute Gasteiger partial charge is 0.507 e. The molecule has 8 nitrogen and oxygen atoms in total. The Balaban J connectivity index is 0.000000992. The summed E-state index contributed by atoms with van der Waals surface area (Å²) in [6.07, 6.45) is -8.68. The van der Waals surface area contributed by atoms with E-state index in [9.17, 15) is 50.2 Å². The average molecular weight is 887 g/mol. The second-order valence-electron chi connectivity index (χ2n) is 14.2. The summed E-state index contributed by atoms with van der Waals surface area (Å²) in [4.78, 5) is 38.7. The number of aromatic hydroxyl groups is 1. The second kappa shape index (κ2) is 18.0. The molecule has 1 atom stereocenters. The molecule has 2 aliphatic rings. The van der Waals surface area contributed by atoms with E-state index in [-0.39, 0.29) is 65.9 Å². The predicted octanol–water partition coefficient (Wildman–Crippen LogP) is 9.02. The molecule has 2 fully saturated rings. The molecule has 58 heavy (non-hydrogen) atoms. The number of phenols is 1. The summed E-state index contributed by atoms with van der Waals surface area (Å²) < 4.78 is 119. The van der Waals surface area contributed by atoms with Gasteiger partial charge in [0, 0.05) is 61.0 Å². The van der Waals surface area contributed by atoms with Crippen molar-refractivity contribution in [1.29, 1.82) is 0 Å². The van der Waals surface area contributed by atoms with Crippen LogP contribution in [-0.4, -0.2) is 58.9 Å². The molecular weight excluding hydrogens is 846 g/mol. The van der Waals surface area contributed by atoms with Gasteiger partial charge >= 0.3 is 18.3 Å². The van der Waals surface area contributed by atoms with Crippen LogP contribution in [0.5, 0.6) is 5.75 Å². The van der Waals surface area contributed by atoms with Crippen LogP contribution in [0.1, 0.15) is 77.6 Å². The van der Waals surface area contributed by atoms with Crippen LogP contribution >= 0.6 is 15.9 Å². The number of esters is 1. The minimum absolute atomic E-state index is 0.0445. The van der Waals surface area contributed by atoms with Gasteiger partial charge in [0.2, 0.25) is 5.91 Å². The molecule has 1 saturated carbocycles. The van der Waals surface area contributed by atoms with E-state index < -0.39 is 65.1 Å². The van der Waals surface area contributed by atoms with E-state index in [1.165, 1.54) is 31.2 Å². The van der Waals surface area contributed by atoms with Crippen molar-refractivity contribution in [2.75, 3.05) is 26.2 Å². The number of phenolic OH excluding ortho intramolecular Hbond substituents is 1. The number of nitrogens with one attached hydrogen (secondary N) is 1. The SMILES string of the molecule is CCOC(C)=O.Cc1cc(C2CC2)cc(O)c1-c1cc(CNC(=O)C(c2cccc(Br)c2)n2cc(CCN3CC(F)C3)c(C(F)(F)F)cc2=O)c(F)c(C(F)(F)F)c1. The molecule has 2 N–H and O–H groups in total. The van der Waals surface area contributed by atoms with Crippen molar-refractivity contribution in [2.45, 2.75) is 77.1 Å². The lowest BCUT2D eigenvalue weighted by Gasteiger charge is -2.34. The number of amides is 1. The first-order chi connectivity index (χ1) is 27.2. The van der Waals surface area contributed by atoms with Crippen LogP contribution in [0, 0.1) is 12.7 Å². The number of ether oxygens (including phenoxy) is 1. The maximum Gasteiger partial charge on any atom is 0.419 e. The molecule has 312 valence electrons. The van der Waals surface area contributed by atoms with Crippen LogP contribution in [0.15, 0.2) is 70.1 Å². The number of rotatable bonds is 11. The van der Waals surface area contributed by atoms with Crippen molar-refractivity contribution in [3.63, 3.8) is 0 Å². The summed E-state index contributed by atoms with van der Waals surface area (Å²) in [5.41, 5.74) is -3.64. The maximum absolute atomic E-state index is 15.5. The molecule has 2 heterocycles. The van der Waals surface area contributed by atoms with Crippen LogP contribution in [0.25, 0.3) is 11.1 Å². The highest BCUT2D eigenvalue weighted by Gasteiger charge is 2.38. The minimum atomic E-state index is -5.15. The molecule has 4 aromatic rings. The molecule has 0 radical (unpaired) electrons. The lowest BCUT2D eigenvalue weighted by Crippen LogP contribution is -2.49. The summed E-state index contributed by atoms with van der Waals surface area (Å²) in [6.45, 7) is 4.59. The first kappa shape index (κ1) is 44.3. The van der Waals surface area contributed by atoms with E-state index >= 15 is 4.39 Å². The highest BCUT2D eigenvalue weighted by molar-refractivity contribution is 9.10. The Bertz CT molecular complexity index is 2190. The summed E-state index contributed by atoms with van der Waals surface area (Å²) in [5.74, 6) is -2.96. The zero-order chi connectivity index (χ0) is 42.7. The number of hydrogen-bond acceptors (Lipinski definition) is 6. The molecule has 6 rings (SSSR count). The zero-order valence-electron chi connectivity index (χ0n) is 31.5. The highest BCUT2D eigenvalue weighted by atomic mass is 79.9. The van der Waals surface area contributed by atoms with Gasteiger partial charge in [0.05, 0.1) is 17.7 Å². The number of aromatic nitrogens is 1. The van der Waals surface area contributed by atoms with E-state index in [0.29, 0.717) is 28.8 Å². The maximum atomic E-state index is 15.5. The Morgan fingerprint density at radius 1 is 0.983 bits per heavy atom. The number of halogens is 9. The van der Waals surface area contributed by atoms with Crippen molar-refractivity contribution in [2.24, 2.45) is 0 Å². The van der Waals surface area contributed by atoms with Gasteiger partial charge in [-0.05, 0) is 97.2 Å². The van der Waals surface area contributed by atoms with E-state index in [1.54, 1.807) is 30.9 Å². The second-order valence-corrected chi connectivity index (χ2v) is 15.1. The Morgan fingerprint density at radius 3 is 2.19 bits per heavy atom. The monoisotopic (exact) mass is 885 g/mol. The van der Waals surface area contributed by atoms with Crippen molar-refractivity contribution in [3.8, 4) is 16.9 Å². The fourth-order valence-electron chi connectivity index (χ4n) is 6.81. The van der Waals surface area contributed by atoms with Crippen LogP contribution in [0.3, 0.4) is 0 Å². The van der Waals surface area contributed by atoms with Crippen LogP contribution in [0.2, 0.25) is 0 Å². The van der Waals surface area contributed by atoms with Crippen molar-refractivity contribution >= 4 is 27.8 Å². The van der Waals surface area contributed by atoms with Gasteiger partial charge in [-0.1, -0.05) is 34.1 Å². The fourth-order valence-corrected chi connectivity index (χ4v) is 7.23. The van der Waals surface area contributed by atoms with Crippen molar-refractivity contribution < 1.29 is 54.6 Å². The summed E-state index contributed by atoms with van der Waals surface area (Å²) in [7, 11) is 0. The molecule has 0 bridgehead atoms. The van der Waals surface area contributed by atoms with Crippen LogP contribution in [0.4, 0.5) is 35.1 Å². The number of benzene rings is 3. The normalized spacial score (nSPS) is 15.2. The van der Waals surface area contributed by atoms with E-state index in [1.807, 2.05) is 0 Å². The smallest absolute Gasteiger partial charge is 0.419 e. The van der Waals surface area contributed by atoms with Crippen LogP contribution < -0.4 is 10.9 Å². The molecule has 1 saturated heterocycles. The van der Waals surface area contributed by atoms with Crippen molar-refractivity contribution in [1.82, 2.24) is 14.8 Å². The fraction of sp³-hybridized carbons (Fsp3) is 0.390. The number of carbonyl (C=O) groups excluding carboxylic acids is 2. The molecule has 1 aromatic heterocycles. The Kier molecular flexibility index (Phi) is 13.8. The highest BCUT2D eigenvalue weighted by Crippen LogP contribution is 2.45. The topological polar surface area (TPSA) is 101 Å². The van der Waals surface area contributed by atoms with Gasteiger partial charge in [0.1, 0.15) is 23.8 Å². The van der Waals surface area contributed by atoms with Gasteiger partial charge in [-0.15, -0.1) is 0 Å². The molecule has 1 unspecified atom stereocenters. The Hall–Kier alpha value is -4.77. The molecule has 1 amide bonds. The summed E-state index contributed by atoms with van der Waals surface area (Å²) in [6, 6.07) is 9.59. The van der Waals surface area contributed by atoms with Gasteiger partial charge in [-0.2, -0.15) is 26.3 Å². The Morgan fingerprint density at radius 2 is 1.66 bits per heavy atom. The molecule has 17 heteroatoms. The quantitative estimate of drug-likeness (QED) is 0.115. The summed E-state index contributed by atoms with van der Waals surface area (Å²) >= 11 is 3.27. The molecular formula is C41H40BrF8N3O5. The van der Waals surface area contributed by atoms with Crippen molar-refractivity contribution in [3.05, 3.63) is 120 Å². The zero-order valence-corrected chi connectivity index (χ0v) is 33.1. The Labute approximate surface area is 336 Å². The molecule has 1 aliphatic heterocycles. The predicted molar refractivity (Wildman–Crippen MR) is 202 cm³/mol. The first-order valence-corrected chi connectivity index (χ1v) is 19.1. The number of alkyl halides is 7. The van der Waals surface area contributed by atoms with Gasteiger partial charge in [0.25, 0.3) is 5.56 Å². The van der Waals surface area contributed by atoms with Gasteiger partial charge in [-0.3, -0.25) is 23.9 Å². The lowest BCUT2D eigenvalue weighted by atomic mass is 9.92. The first-order valence-electron chi connectivity index (χ1n) is 18.3. The van der Waals surface area contributed by atoms with E-state index in [0.717, 1.165) is 35.2 Å². The van der Waals surface area contributed by atoms with E-state index in [4.69, 9.17) is 0 Å². The number of carbonyl (C=O) groups is 2. The van der Waals surface area contributed by atoms with Gasteiger partial charge < -0.3 is 15.2 Å². The molecule has 0 spiro atoms. The van der Waals surface area contributed by atoms with Gasteiger partial charge in [-0.25, -0.2) is 8.78 Å². The number of aryl methyl sites for hydroxylation is 1. The third-order valence-corrected chi connectivity index (χ3v) is 10.2. The number of hydrogen-bond donors (Lipinski definition) is 2. The lowest BCUT2D eigenvalue weighted by molar-refractivity contribution is -0.141. The van der Waals surface area contributed by atoms with Crippen LogP contribution in [-0.2, 0) is 39.6 Å². The summed E-state index contributed by atoms with van der Waals surface area (Å²) in [5, 5.41) is 13.3.